The number of likely N-dealkylation sites (tertiary alicyclic amines) is 1. The number of rotatable bonds is 5. The summed E-state index contributed by atoms with van der Waals surface area (Å²) >= 11 is 0. The molecule has 1 aromatic carbocycles. The third-order valence-electron chi connectivity index (χ3n) is 7.45. The van der Waals surface area contributed by atoms with Crippen LogP contribution in [0.5, 0.6) is 0 Å². The lowest BCUT2D eigenvalue weighted by Crippen LogP contribution is -2.34. The van der Waals surface area contributed by atoms with E-state index in [9.17, 15) is 22.4 Å². The molecule has 0 N–H and O–H groups in total. The van der Waals surface area contributed by atoms with Gasteiger partial charge in [-0.25, -0.2) is 27.5 Å². The zero-order valence-corrected chi connectivity index (χ0v) is 20.2. The summed E-state index contributed by atoms with van der Waals surface area (Å²) in [6.07, 6.45) is 1.22. The lowest BCUT2D eigenvalue weighted by atomic mass is 9.86. The number of aryl methyl sites for hydroxylation is 1. The van der Waals surface area contributed by atoms with Crippen molar-refractivity contribution in [1.29, 1.82) is 0 Å². The molecule has 0 aliphatic carbocycles. The second kappa shape index (κ2) is 9.89. The van der Waals surface area contributed by atoms with Crippen molar-refractivity contribution in [1.82, 2.24) is 19.3 Å². The zero-order chi connectivity index (χ0) is 25.6. The first kappa shape index (κ1) is 24.8. The van der Waals surface area contributed by atoms with Crippen molar-refractivity contribution in [3.8, 4) is 11.3 Å². The van der Waals surface area contributed by atoms with Gasteiger partial charge in [0.15, 0.2) is 5.65 Å². The molecule has 0 unspecified atom stereocenters. The summed E-state index contributed by atoms with van der Waals surface area (Å²) in [6.45, 7) is 4.80. The number of halogens is 4. The van der Waals surface area contributed by atoms with Crippen molar-refractivity contribution in [2.24, 2.45) is 5.92 Å². The van der Waals surface area contributed by atoms with E-state index < -0.39 is 18.1 Å². The van der Waals surface area contributed by atoms with Gasteiger partial charge in [-0.2, -0.15) is 0 Å². The average molecular weight is 505 g/mol. The molecule has 0 radical (unpaired) electrons. The predicted molar refractivity (Wildman–Crippen MR) is 126 cm³/mol. The number of aromatic nitrogens is 3. The Morgan fingerprint density at radius 3 is 2.72 bits per heavy atom. The molecule has 6 nitrogen and oxygen atoms in total. The summed E-state index contributed by atoms with van der Waals surface area (Å²) in [5, 5.41) is 0. The molecule has 3 atom stereocenters. The van der Waals surface area contributed by atoms with Crippen LogP contribution in [0, 0.1) is 31.4 Å². The maximum Gasteiger partial charge on any atom is 0.261 e. The molecule has 3 aromatic rings. The first-order valence-electron chi connectivity index (χ1n) is 12.2. The van der Waals surface area contributed by atoms with Crippen molar-refractivity contribution in [3.63, 3.8) is 0 Å². The molecule has 0 spiro atoms. The molecule has 2 aliphatic rings. The standard InChI is InChI=1S/C26H28F4N4O2/c1-14-15(2)31-25-24(19-4-3-18(27)10-20(19)28)32-21(12-34(25)26(14)35)16-6-8-36-22(9-16)17-5-7-33(11-17)13-23(29)30/h3-4,10,12,16-17,22-23H,5-9,11,13H2,1-2H3/t16-,17-,22+/m0/s1. The number of benzene rings is 1. The van der Waals surface area contributed by atoms with Gasteiger partial charge in [0.1, 0.15) is 17.3 Å². The number of fused-ring (bicyclic) bond motifs is 1. The van der Waals surface area contributed by atoms with Crippen molar-refractivity contribution in [3.05, 3.63) is 63.3 Å². The highest BCUT2D eigenvalue weighted by Crippen LogP contribution is 2.36. The highest BCUT2D eigenvalue weighted by molar-refractivity contribution is 5.74. The highest BCUT2D eigenvalue weighted by atomic mass is 19.3. The summed E-state index contributed by atoms with van der Waals surface area (Å²) in [7, 11) is 0. The van der Waals surface area contributed by atoms with Gasteiger partial charge in [-0.3, -0.25) is 14.1 Å². The Labute approximate surface area is 205 Å². The first-order valence-corrected chi connectivity index (χ1v) is 12.2. The van der Waals surface area contributed by atoms with E-state index in [0.717, 1.165) is 18.6 Å². The smallest absolute Gasteiger partial charge is 0.261 e. The maximum absolute atomic E-state index is 14.8. The van der Waals surface area contributed by atoms with Crippen molar-refractivity contribution >= 4 is 5.65 Å². The molecule has 5 rings (SSSR count). The molecular weight excluding hydrogens is 476 g/mol. The van der Waals surface area contributed by atoms with Gasteiger partial charge in [-0.05, 0) is 57.7 Å². The van der Waals surface area contributed by atoms with Gasteiger partial charge < -0.3 is 4.74 Å². The quantitative estimate of drug-likeness (QED) is 0.479. The molecule has 2 saturated heterocycles. The Hall–Kier alpha value is -2.85. The summed E-state index contributed by atoms with van der Waals surface area (Å²) in [5.41, 5.74) is 1.77. The Kier molecular flexibility index (Phi) is 6.82. The normalized spacial score (nSPS) is 23.1. The number of nitrogens with zero attached hydrogens (tertiary/aromatic N) is 4. The summed E-state index contributed by atoms with van der Waals surface area (Å²) < 4.78 is 61.5. The van der Waals surface area contributed by atoms with Gasteiger partial charge in [0.25, 0.3) is 12.0 Å². The van der Waals surface area contributed by atoms with Crippen molar-refractivity contribution < 1.29 is 22.3 Å². The maximum atomic E-state index is 14.8. The average Bonchev–Trinajstić information content (AvgIpc) is 3.30. The Balaban J connectivity index is 1.53. The van der Waals surface area contributed by atoms with Crippen molar-refractivity contribution in [2.75, 3.05) is 26.2 Å². The third-order valence-corrected chi connectivity index (χ3v) is 7.45. The van der Waals surface area contributed by atoms with Crippen LogP contribution in [0.4, 0.5) is 17.6 Å². The Morgan fingerprint density at radius 1 is 1.17 bits per heavy atom. The van der Waals surface area contributed by atoms with E-state index in [4.69, 9.17) is 9.72 Å². The number of hydrogen-bond acceptors (Lipinski definition) is 5. The predicted octanol–water partition coefficient (Wildman–Crippen LogP) is 4.50. The van der Waals surface area contributed by atoms with E-state index in [1.165, 1.54) is 10.5 Å². The van der Waals surface area contributed by atoms with E-state index in [2.05, 4.69) is 4.98 Å². The third kappa shape index (κ3) is 4.76. The molecule has 0 amide bonds. The summed E-state index contributed by atoms with van der Waals surface area (Å²) in [6, 6.07) is 3.24. The topological polar surface area (TPSA) is 59.7 Å². The van der Waals surface area contributed by atoms with Crippen LogP contribution in [0.3, 0.4) is 0 Å². The molecule has 36 heavy (non-hydrogen) atoms. The van der Waals surface area contributed by atoms with Crippen LogP contribution in [0.2, 0.25) is 0 Å². The van der Waals surface area contributed by atoms with E-state index >= 15 is 0 Å². The lowest BCUT2D eigenvalue weighted by Gasteiger charge is -2.33. The second-order valence-electron chi connectivity index (χ2n) is 9.79. The molecule has 10 heteroatoms. The Morgan fingerprint density at radius 2 is 1.97 bits per heavy atom. The van der Waals surface area contributed by atoms with Gasteiger partial charge in [0.2, 0.25) is 0 Å². The minimum Gasteiger partial charge on any atom is -0.378 e. The largest absolute Gasteiger partial charge is 0.378 e. The summed E-state index contributed by atoms with van der Waals surface area (Å²) in [5.74, 6) is -1.44. The van der Waals surface area contributed by atoms with Gasteiger partial charge in [0.05, 0.1) is 18.3 Å². The fourth-order valence-corrected chi connectivity index (χ4v) is 5.37. The molecule has 0 bridgehead atoms. The second-order valence-corrected chi connectivity index (χ2v) is 9.79. The number of alkyl halides is 2. The number of hydrogen-bond donors (Lipinski definition) is 0. The van der Waals surface area contributed by atoms with Crippen LogP contribution < -0.4 is 5.56 Å². The van der Waals surface area contributed by atoms with Crippen LogP contribution in [0.15, 0.2) is 29.2 Å². The monoisotopic (exact) mass is 504 g/mol. The Bertz CT molecular complexity index is 1350. The van der Waals surface area contributed by atoms with Gasteiger partial charge >= 0.3 is 0 Å². The molecular formula is C26H28F4N4O2. The molecule has 2 aliphatic heterocycles. The molecule has 0 saturated carbocycles. The summed E-state index contributed by atoms with van der Waals surface area (Å²) in [4.78, 5) is 24.2. The van der Waals surface area contributed by atoms with Crippen LogP contribution in [0.25, 0.3) is 16.9 Å². The van der Waals surface area contributed by atoms with E-state index in [-0.39, 0.29) is 46.9 Å². The molecule has 4 heterocycles. The first-order chi connectivity index (χ1) is 17.2. The lowest BCUT2D eigenvalue weighted by molar-refractivity contribution is -0.0280. The van der Waals surface area contributed by atoms with Crippen LogP contribution in [-0.4, -0.2) is 58.0 Å². The van der Waals surface area contributed by atoms with Crippen LogP contribution in [0.1, 0.15) is 42.1 Å². The highest BCUT2D eigenvalue weighted by Gasteiger charge is 2.36. The van der Waals surface area contributed by atoms with E-state index in [0.29, 0.717) is 49.5 Å². The molecule has 192 valence electrons. The van der Waals surface area contributed by atoms with Gasteiger partial charge in [-0.1, -0.05) is 0 Å². The SMILES string of the molecule is Cc1nc2c(-c3ccc(F)cc3F)nc([C@H]3CCO[C@@H]([C@H]4CCN(CC(F)F)C4)C3)cn2c(=O)c1C. The minimum atomic E-state index is -2.37. The van der Waals surface area contributed by atoms with E-state index in [1.54, 1.807) is 24.9 Å². The van der Waals surface area contributed by atoms with Crippen LogP contribution in [-0.2, 0) is 4.74 Å². The minimum absolute atomic E-state index is 0.0629. The fourth-order valence-electron chi connectivity index (χ4n) is 5.37. The van der Waals surface area contributed by atoms with Gasteiger partial charge in [-0.15, -0.1) is 0 Å². The zero-order valence-electron chi connectivity index (χ0n) is 20.2. The molecule has 2 fully saturated rings. The molecule has 2 aromatic heterocycles. The van der Waals surface area contributed by atoms with Gasteiger partial charge in [0, 0.05) is 48.2 Å². The fraction of sp³-hybridized carbons (Fsp3) is 0.500. The van der Waals surface area contributed by atoms with Crippen molar-refractivity contribution in [2.45, 2.75) is 51.6 Å². The van der Waals surface area contributed by atoms with E-state index in [1.807, 2.05) is 0 Å². The van der Waals surface area contributed by atoms with Crippen LogP contribution >= 0.6 is 0 Å². The number of ether oxygens (including phenoxy) is 1.